The maximum Gasteiger partial charge on any atom is 0.230 e. The lowest BCUT2D eigenvalue weighted by molar-refractivity contribution is -0.134. The zero-order valence-corrected chi connectivity index (χ0v) is 14.9. The summed E-state index contributed by atoms with van der Waals surface area (Å²) in [5.74, 6) is 0.807. The Morgan fingerprint density at radius 1 is 1.42 bits per heavy atom. The summed E-state index contributed by atoms with van der Waals surface area (Å²) in [5, 5.41) is 4.53. The predicted molar refractivity (Wildman–Crippen MR) is 93.8 cm³/mol. The number of methoxy groups -OCH3 is 1. The first-order chi connectivity index (χ1) is 11.7. The van der Waals surface area contributed by atoms with Gasteiger partial charge in [0.25, 0.3) is 0 Å². The molecular weight excluding hydrogens is 302 g/mol. The van der Waals surface area contributed by atoms with Gasteiger partial charge >= 0.3 is 0 Å². The summed E-state index contributed by atoms with van der Waals surface area (Å²) in [5.41, 5.74) is 2.24. The lowest BCUT2D eigenvalue weighted by atomic mass is 9.85. The smallest absolute Gasteiger partial charge is 0.230 e. The van der Waals surface area contributed by atoms with Gasteiger partial charge in [0.2, 0.25) is 5.91 Å². The highest BCUT2D eigenvalue weighted by atomic mass is 16.5. The number of ether oxygens (including phenoxy) is 1. The Kier molecular flexibility index (Phi) is 5.72. The molecule has 0 bridgehead atoms. The van der Waals surface area contributed by atoms with Crippen LogP contribution in [0.2, 0.25) is 0 Å². The average Bonchev–Trinajstić information content (AvgIpc) is 2.99. The number of nitrogens with zero attached hydrogens (tertiary/aromatic N) is 3. The molecule has 1 aromatic rings. The topological polar surface area (TPSA) is 47.4 Å². The maximum atomic E-state index is 13.3. The number of rotatable bonds is 6. The van der Waals surface area contributed by atoms with E-state index in [0.717, 1.165) is 49.9 Å². The lowest BCUT2D eigenvalue weighted by Gasteiger charge is -2.32. The van der Waals surface area contributed by atoms with Crippen molar-refractivity contribution >= 4 is 5.91 Å². The number of fused-ring (bicyclic) bond motifs is 1. The van der Waals surface area contributed by atoms with Crippen LogP contribution in [0.4, 0.5) is 0 Å². The van der Waals surface area contributed by atoms with Crippen LogP contribution in [0, 0.1) is 5.92 Å². The maximum absolute atomic E-state index is 13.3. The van der Waals surface area contributed by atoms with Crippen molar-refractivity contribution in [2.75, 3.05) is 26.8 Å². The minimum Gasteiger partial charge on any atom is -0.383 e. The number of carbonyl (C=O) groups excluding carboxylic acids is 1. The molecule has 0 aliphatic heterocycles. The van der Waals surface area contributed by atoms with Crippen LogP contribution < -0.4 is 0 Å². The van der Waals surface area contributed by atoms with Crippen LogP contribution in [0.3, 0.4) is 0 Å². The van der Waals surface area contributed by atoms with Crippen molar-refractivity contribution in [2.45, 2.75) is 44.4 Å². The monoisotopic (exact) mass is 331 g/mol. The second kappa shape index (κ2) is 7.97. The number of allylic oxidation sites excluding steroid dienone is 2. The van der Waals surface area contributed by atoms with E-state index in [1.807, 2.05) is 22.8 Å². The van der Waals surface area contributed by atoms with E-state index in [1.165, 1.54) is 6.42 Å². The molecule has 24 heavy (non-hydrogen) atoms. The van der Waals surface area contributed by atoms with Crippen molar-refractivity contribution in [3.8, 4) is 0 Å². The molecule has 2 aliphatic rings. The molecule has 2 aliphatic carbocycles. The molecule has 0 N–H and O–H groups in total. The Bertz CT molecular complexity index is 593. The lowest BCUT2D eigenvalue weighted by Crippen LogP contribution is -2.41. The number of hydrogen-bond donors (Lipinski definition) is 0. The van der Waals surface area contributed by atoms with Gasteiger partial charge in [-0.3, -0.25) is 9.48 Å². The van der Waals surface area contributed by atoms with Crippen molar-refractivity contribution in [1.82, 2.24) is 14.7 Å². The predicted octanol–water partition coefficient (Wildman–Crippen LogP) is 2.67. The summed E-state index contributed by atoms with van der Waals surface area (Å²) in [6, 6.07) is 0. The van der Waals surface area contributed by atoms with E-state index in [2.05, 4.69) is 17.3 Å². The molecule has 1 heterocycles. The number of aryl methyl sites for hydroxylation is 2. The van der Waals surface area contributed by atoms with E-state index in [1.54, 1.807) is 7.11 Å². The molecule has 2 atom stereocenters. The van der Waals surface area contributed by atoms with E-state index in [0.29, 0.717) is 19.1 Å². The first-order valence-electron chi connectivity index (χ1n) is 9.14. The van der Waals surface area contributed by atoms with Crippen LogP contribution in [0.1, 0.15) is 49.3 Å². The molecule has 0 spiro atoms. The van der Waals surface area contributed by atoms with Crippen LogP contribution in [0.15, 0.2) is 18.3 Å². The number of aromatic nitrogens is 2. The van der Waals surface area contributed by atoms with E-state index >= 15 is 0 Å². The van der Waals surface area contributed by atoms with Gasteiger partial charge < -0.3 is 9.64 Å². The molecule has 0 aromatic carbocycles. The van der Waals surface area contributed by atoms with Crippen molar-refractivity contribution in [2.24, 2.45) is 13.0 Å². The van der Waals surface area contributed by atoms with Gasteiger partial charge in [-0.2, -0.15) is 5.10 Å². The van der Waals surface area contributed by atoms with Crippen LogP contribution in [0.5, 0.6) is 0 Å². The SMILES string of the molecule is COCCN(C[C@H]1CC=CCC1)C(=O)[C@H]1CCCc2nn(C)cc21. The quantitative estimate of drug-likeness (QED) is 0.753. The number of hydrogen-bond acceptors (Lipinski definition) is 3. The van der Waals surface area contributed by atoms with Gasteiger partial charge in [-0.25, -0.2) is 0 Å². The minimum atomic E-state index is -0.0292. The van der Waals surface area contributed by atoms with Gasteiger partial charge in [0.05, 0.1) is 18.2 Å². The van der Waals surface area contributed by atoms with Gasteiger partial charge in [-0.05, 0) is 44.4 Å². The van der Waals surface area contributed by atoms with Crippen molar-refractivity contribution in [1.29, 1.82) is 0 Å². The second-order valence-corrected chi connectivity index (χ2v) is 7.08. The normalized spacial score (nSPS) is 23.1. The Hall–Kier alpha value is -1.62. The van der Waals surface area contributed by atoms with Crippen LogP contribution in [-0.2, 0) is 23.0 Å². The number of amides is 1. The third kappa shape index (κ3) is 3.89. The van der Waals surface area contributed by atoms with Crippen molar-refractivity contribution in [3.05, 3.63) is 29.6 Å². The summed E-state index contributed by atoms with van der Waals surface area (Å²) in [4.78, 5) is 15.3. The van der Waals surface area contributed by atoms with Crippen LogP contribution in [0.25, 0.3) is 0 Å². The van der Waals surface area contributed by atoms with E-state index in [-0.39, 0.29) is 11.8 Å². The summed E-state index contributed by atoms with van der Waals surface area (Å²) >= 11 is 0. The van der Waals surface area contributed by atoms with Gasteiger partial charge in [-0.1, -0.05) is 12.2 Å². The molecule has 0 radical (unpaired) electrons. The third-order valence-electron chi connectivity index (χ3n) is 5.25. The first kappa shape index (κ1) is 17.2. The molecule has 0 unspecified atom stereocenters. The summed E-state index contributed by atoms with van der Waals surface area (Å²) in [6.45, 7) is 2.13. The Labute approximate surface area is 144 Å². The Balaban J connectivity index is 1.74. The Morgan fingerprint density at radius 3 is 3.04 bits per heavy atom. The molecular formula is C19H29N3O2. The summed E-state index contributed by atoms with van der Waals surface area (Å²) < 4.78 is 7.10. The summed E-state index contributed by atoms with van der Waals surface area (Å²) in [7, 11) is 3.64. The van der Waals surface area contributed by atoms with Crippen LogP contribution in [-0.4, -0.2) is 47.4 Å². The molecule has 3 rings (SSSR count). The van der Waals surface area contributed by atoms with Gasteiger partial charge in [0, 0.05) is 39.0 Å². The first-order valence-corrected chi connectivity index (χ1v) is 9.14. The number of carbonyl (C=O) groups is 1. The standard InChI is InChI=1S/C19H29N3O2/c1-21-14-17-16(9-6-10-18(17)20-21)19(23)22(11-12-24-2)13-15-7-4-3-5-8-15/h3-4,14-16H,5-13H2,1-2H3/t15-,16-/m0/s1. The summed E-state index contributed by atoms with van der Waals surface area (Å²) in [6.07, 6.45) is 12.9. The highest BCUT2D eigenvalue weighted by Crippen LogP contribution is 2.33. The van der Waals surface area contributed by atoms with Crippen LogP contribution >= 0.6 is 0 Å². The molecule has 1 aromatic heterocycles. The minimum absolute atomic E-state index is 0.0292. The van der Waals surface area contributed by atoms with Crippen molar-refractivity contribution in [3.63, 3.8) is 0 Å². The second-order valence-electron chi connectivity index (χ2n) is 7.08. The van der Waals surface area contributed by atoms with Gasteiger partial charge in [0.1, 0.15) is 0 Å². The highest BCUT2D eigenvalue weighted by Gasteiger charge is 2.32. The highest BCUT2D eigenvalue weighted by molar-refractivity contribution is 5.84. The van der Waals surface area contributed by atoms with E-state index in [4.69, 9.17) is 4.74 Å². The fourth-order valence-corrected chi connectivity index (χ4v) is 3.97. The molecule has 132 valence electrons. The van der Waals surface area contributed by atoms with Gasteiger partial charge in [0.15, 0.2) is 0 Å². The molecule has 1 amide bonds. The van der Waals surface area contributed by atoms with Crippen molar-refractivity contribution < 1.29 is 9.53 Å². The fourth-order valence-electron chi connectivity index (χ4n) is 3.97. The fraction of sp³-hybridized carbons (Fsp3) is 0.684. The zero-order chi connectivity index (χ0) is 16.9. The largest absolute Gasteiger partial charge is 0.383 e. The van der Waals surface area contributed by atoms with E-state index < -0.39 is 0 Å². The molecule has 0 fully saturated rings. The molecule has 5 nitrogen and oxygen atoms in total. The zero-order valence-electron chi connectivity index (χ0n) is 14.9. The molecule has 0 saturated carbocycles. The molecule has 0 saturated heterocycles. The Morgan fingerprint density at radius 2 is 2.29 bits per heavy atom. The van der Waals surface area contributed by atoms with Gasteiger partial charge in [-0.15, -0.1) is 0 Å². The third-order valence-corrected chi connectivity index (χ3v) is 5.25. The average molecular weight is 331 g/mol. The van der Waals surface area contributed by atoms with E-state index in [9.17, 15) is 4.79 Å². The molecule has 5 heteroatoms.